The lowest BCUT2D eigenvalue weighted by Gasteiger charge is -2.40. The van der Waals surface area contributed by atoms with Gasteiger partial charge in [0.2, 0.25) is 0 Å². The van der Waals surface area contributed by atoms with Gasteiger partial charge in [0, 0.05) is 24.7 Å². The van der Waals surface area contributed by atoms with Crippen LogP contribution < -0.4 is 10.6 Å². The minimum absolute atomic E-state index is 0.0895. The van der Waals surface area contributed by atoms with Crippen molar-refractivity contribution in [3.8, 4) is 0 Å². The molecule has 3 rings (SSSR count). The van der Waals surface area contributed by atoms with Crippen molar-refractivity contribution in [3.63, 3.8) is 0 Å². The summed E-state index contributed by atoms with van der Waals surface area (Å²) < 4.78 is 0. The Morgan fingerprint density at radius 3 is 2.81 bits per heavy atom. The zero-order valence-electron chi connectivity index (χ0n) is 12.7. The number of fused-ring (bicyclic) bond motifs is 1. The van der Waals surface area contributed by atoms with Crippen LogP contribution in [0.25, 0.3) is 10.9 Å². The number of nitrogen functional groups attached to an aromatic ring is 1. The molecular formula is C17H22N4. The SMILES string of the molecule is CC1(C)CCCN(c2c(C(=N)N)cnc3ccccc23)C1. The summed E-state index contributed by atoms with van der Waals surface area (Å²) in [6.07, 6.45) is 4.14. The molecule has 0 spiro atoms. The van der Waals surface area contributed by atoms with Crippen molar-refractivity contribution in [2.24, 2.45) is 11.1 Å². The van der Waals surface area contributed by atoms with E-state index in [4.69, 9.17) is 11.1 Å². The largest absolute Gasteiger partial charge is 0.384 e. The molecule has 4 heteroatoms. The fraction of sp³-hybridized carbons (Fsp3) is 0.412. The van der Waals surface area contributed by atoms with E-state index in [1.807, 2.05) is 18.2 Å². The van der Waals surface area contributed by atoms with E-state index >= 15 is 0 Å². The van der Waals surface area contributed by atoms with Crippen LogP contribution >= 0.6 is 0 Å². The molecule has 0 amide bonds. The summed E-state index contributed by atoms with van der Waals surface area (Å²) in [6.45, 7) is 6.60. The third kappa shape index (κ3) is 2.58. The van der Waals surface area contributed by atoms with Crippen LogP contribution in [0, 0.1) is 10.8 Å². The molecule has 110 valence electrons. The first-order valence-electron chi connectivity index (χ1n) is 7.45. The molecule has 2 heterocycles. The first kappa shape index (κ1) is 13.9. The van der Waals surface area contributed by atoms with Crippen molar-refractivity contribution >= 4 is 22.4 Å². The number of benzene rings is 1. The van der Waals surface area contributed by atoms with Gasteiger partial charge >= 0.3 is 0 Å². The van der Waals surface area contributed by atoms with Crippen molar-refractivity contribution in [1.29, 1.82) is 5.41 Å². The van der Waals surface area contributed by atoms with Crippen molar-refractivity contribution in [3.05, 3.63) is 36.0 Å². The maximum absolute atomic E-state index is 7.88. The predicted molar refractivity (Wildman–Crippen MR) is 88.0 cm³/mol. The molecule has 1 aromatic heterocycles. The molecule has 1 aliphatic heterocycles. The Morgan fingerprint density at radius 1 is 1.33 bits per heavy atom. The van der Waals surface area contributed by atoms with Crippen LogP contribution in [-0.4, -0.2) is 23.9 Å². The fourth-order valence-electron chi connectivity index (χ4n) is 3.28. The Morgan fingerprint density at radius 2 is 2.10 bits per heavy atom. The summed E-state index contributed by atoms with van der Waals surface area (Å²) in [5.74, 6) is 0.0895. The topological polar surface area (TPSA) is 66.0 Å². The number of anilines is 1. The van der Waals surface area contributed by atoms with Gasteiger partial charge in [-0.25, -0.2) is 0 Å². The molecular weight excluding hydrogens is 260 g/mol. The van der Waals surface area contributed by atoms with Crippen molar-refractivity contribution in [1.82, 2.24) is 4.98 Å². The lowest BCUT2D eigenvalue weighted by Crippen LogP contribution is -2.41. The number of piperidine rings is 1. The normalized spacial score (nSPS) is 17.9. The van der Waals surface area contributed by atoms with E-state index in [2.05, 4.69) is 29.8 Å². The lowest BCUT2D eigenvalue weighted by molar-refractivity contribution is 0.293. The Labute approximate surface area is 125 Å². The van der Waals surface area contributed by atoms with Crippen LogP contribution in [0.15, 0.2) is 30.5 Å². The van der Waals surface area contributed by atoms with Crippen LogP contribution in [0.3, 0.4) is 0 Å². The average molecular weight is 282 g/mol. The quantitative estimate of drug-likeness (QED) is 0.657. The van der Waals surface area contributed by atoms with Gasteiger partial charge in [0.05, 0.1) is 16.8 Å². The Hall–Kier alpha value is -2.10. The molecule has 3 N–H and O–H groups in total. The van der Waals surface area contributed by atoms with E-state index in [-0.39, 0.29) is 11.3 Å². The number of pyridine rings is 1. The Bertz CT molecular complexity index is 690. The summed E-state index contributed by atoms with van der Waals surface area (Å²) in [7, 11) is 0. The third-order valence-electron chi connectivity index (χ3n) is 4.25. The lowest BCUT2D eigenvalue weighted by atomic mass is 9.83. The van der Waals surface area contributed by atoms with Gasteiger partial charge in [0.1, 0.15) is 5.84 Å². The van der Waals surface area contributed by atoms with Crippen LogP contribution in [0.2, 0.25) is 0 Å². The molecule has 0 aliphatic carbocycles. The summed E-state index contributed by atoms with van der Waals surface area (Å²) in [6, 6.07) is 8.10. The fourth-order valence-corrected chi connectivity index (χ4v) is 3.28. The van der Waals surface area contributed by atoms with E-state index in [1.165, 1.54) is 12.8 Å². The summed E-state index contributed by atoms with van der Waals surface area (Å²) in [4.78, 5) is 6.83. The van der Waals surface area contributed by atoms with Crippen LogP contribution in [-0.2, 0) is 0 Å². The number of nitrogens with one attached hydrogen (secondary N) is 1. The molecule has 1 fully saturated rings. The Balaban J connectivity index is 2.18. The number of amidine groups is 1. The standard InChI is InChI=1S/C17H22N4/c1-17(2)8-5-9-21(11-17)15-12-6-3-4-7-14(12)20-10-13(15)16(18)19/h3-4,6-7,10H,5,8-9,11H2,1-2H3,(H3,18,19). The number of aromatic nitrogens is 1. The van der Waals surface area contributed by atoms with Gasteiger partial charge in [0.25, 0.3) is 0 Å². The number of hydrogen-bond donors (Lipinski definition) is 2. The van der Waals surface area contributed by atoms with Gasteiger partial charge in [-0.15, -0.1) is 0 Å². The average Bonchev–Trinajstić information content (AvgIpc) is 2.44. The molecule has 1 aliphatic rings. The Kier molecular flexibility index (Phi) is 3.32. The summed E-state index contributed by atoms with van der Waals surface area (Å²) in [5.41, 5.74) is 8.86. The molecule has 1 saturated heterocycles. The summed E-state index contributed by atoms with van der Waals surface area (Å²) in [5, 5.41) is 8.97. The number of para-hydroxylation sites is 1. The highest BCUT2D eigenvalue weighted by atomic mass is 15.2. The van der Waals surface area contributed by atoms with Gasteiger partial charge in [-0.3, -0.25) is 10.4 Å². The minimum atomic E-state index is 0.0895. The van der Waals surface area contributed by atoms with Gasteiger partial charge in [-0.05, 0) is 24.3 Å². The molecule has 0 saturated carbocycles. The molecule has 1 aromatic carbocycles. The van der Waals surface area contributed by atoms with Crippen molar-refractivity contribution < 1.29 is 0 Å². The van der Waals surface area contributed by atoms with E-state index in [0.29, 0.717) is 0 Å². The molecule has 4 nitrogen and oxygen atoms in total. The van der Waals surface area contributed by atoms with Crippen molar-refractivity contribution in [2.75, 3.05) is 18.0 Å². The van der Waals surface area contributed by atoms with Gasteiger partial charge in [0.15, 0.2) is 0 Å². The van der Waals surface area contributed by atoms with E-state index in [0.717, 1.165) is 35.2 Å². The maximum Gasteiger partial charge on any atom is 0.126 e. The zero-order chi connectivity index (χ0) is 15.0. The predicted octanol–water partition coefficient (Wildman–Crippen LogP) is 3.15. The van der Waals surface area contributed by atoms with Gasteiger partial charge in [-0.1, -0.05) is 32.0 Å². The van der Waals surface area contributed by atoms with Crippen LogP contribution in [0.4, 0.5) is 5.69 Å². The highest BCUT2D eigenvalue weighted by Gasteiger charge is 2.29. The zero-order valence-corrected chi connectivity index (χ0v) is 12.7. The maximum atomic E-state index is 7.88. The second-order valence-corrected chi connectivity index (χ2v) is 6.64. The number of rotatable bonds is 2. The smallest absolute Gasteiger partial charge is 0.126 e. The second-order valence-electron chi connectivity index (χ2n) is 6.64. The number of nitrogens with zero attached hydrogens (tertiary/aromatic N) is 2. The van der Waals surface area contributed by atoms with E-state index < -0.39 is 0 Å². The van der Waals surface area contributed by atoms with Crippen LogP contribution in [0.5, 0.6) is 0 Å². The first-order chi connectivity index (χ1) is 9.98. The van der Waals surface area contributed by atoms with Crippen molar-refractivity contribution in [2.45, 2.75) is 26.7 Å². The molecule has 0 unspecified atom stereocenters. The summed E-state index contributed by atoms with van der Waals surface area (Å²) >= 11 is 0. The monoisotopic (exact) mass is 282 g/mol. The molecule has 2 aromatic rings. The van der Waals surface area contributed by atoms with Gasteiger partial charge < -0.3 is 10.6 Å². The van der Waals surface area contributed by atoms with Gasteiger partial charge in [-0.2, -0.15) is 0 Å². The third-order valence-corrected chi connectivity index (χ3v) is 4.25. The highest BCUT2D eigenvalue weighted by Crippen LogP contribution is 2.36. The molecule has 21 heavy (non-hydrogen) atoms. The minimum Gasteiger partial charge on any atom is -0.384 e. The number of hydrogen-bond acceptors (Lipinski definition) is 3. The van der Waals surface area contributed by atoms with E-state index in [9.17, 15) is 0 Å². The number of nitrogens with two attached hydrogens (primary N) is 1. The highest BCUT2D eigenvalue weighted by molar-refractivity contribution is 6.07. The molecule has 0 atom stereocenters. The second kappa shape index (κ2) is 5.02. The van der Waals surface area contributed by atoms with E-state index in [1.54, 1.807) is 6.20 Å². The molecule has 0 bridgehead atoms. The molecule has 0 radical (unpaired) electrons. The van der Waals surface area contributed by atoms with Crippen LogP contribution in [0.1, 0.15) is 32.3 Å². The first-order valence-corrected chi connectivity index (χ1v) is 7.45.